The highest BCUT2D eigenvalue weighted by atomic mass is 35.5. The molecule has 6 rings (SSSR count). The van der Waals surface area contributed by atoms with Crippen LogP contribution in [0.15, 0.2) is 67.1 Å². The molecule has 3 aromatic heterocycles. The number of fused-ring (bicyclic) bond motifs is 1. The predicted molar refractivity (Wildman–Crippen MR) is 143 cm³/mol. The standard InChI is InChI=1S/C26H24Cl2N8/c1-33-11-10-22(32-33)36-24(19-7-3-5-9-21(19)28)31-23-25(29-17-30-26(23)36)35-14-12-34(13-15-35)16-18-6-2-4-8-20(18)27/h2-11,17H,12-16H2,1H3. The third kappa shape index (κ3) is 4.21. The van der Waals surface area contributed by atoms with E-state index in [1.165, 1.54) is 0 Å². The smallest absolute Gasteiger partial charge is 0.171 e. The number of hydrogen-bond acceptors (Lipinski definition) is 6. The molecule has 182 valence electrons. The highest BCUT2D eigenvalue weighted by Gasteiger charge is 2.25. The van der Waals surface area contributed by atoms with Crippen LogP contribution in [0.25, 0.3) is 28.4 Å². The van der Waals surface area contributed by atoms with E-state index in [0.29, 0.717) is 16.5 Å². The van der Waals surface area contributed by atoms with Crippen molar-refractivity contribution in [1.29, 1.82) is 0 Å². The van der Waals surface area contributed by atoms with Crippen LogP contribution in [-0.2, 0) is 13.6 Å². The lowest BCUT2D eigenvalue weighted by atomic mass is 10.2. The van der Waals surface area contributed by atoms with Crippen LogP contribution in [0.3, 0.4) is 0 Å². The lowest BCUT2D eigenvalue weighted by molar-refractivity contribution is 0.249. The van der Waals surface area contributed by atoms with Crippen LogP contribution in [0.2, 0.25) is 10.0 Å². The van der Waals surface area contributed by atoms with Crippen molar-refractivity contribution in [3.8, 4) is 17.2 Å². The van der Waals surface area contributed by atoms with Crippen molar-refractivity contribution < 1.29 is 0 Å². The summed E-state index contributed by atoms with van der Waals surface area (Å²) in [6.07, 6.45) is 3.50. The minimum atomic E-state index is 0.618. The SMILES string of the molecule is Cn1ccc(-n2c(-c3ccccc3Cl)nc3c(N4CCN(Cc5ccccc5Cl)CC4)ncnc32)n1. The van der Waals surface area contributed by atoms with Crippen LogP contribution in [-0.4, -0.2) is 60.4 Å². The van der Waals surface area contributed by atoms with Gasteiger partial charge in [0.2, 0.25) is 0 Å². The molecule has 1 aliphatic heterocycles. The summed E-state index contributed by atoms with van der Waals surface area (Å²) in [5, 5.41) is 6.05. The molecule has 0 spiro atoms. The fourth-order valence-electron chi connectivity index (χ4n) is 4.66. The van der Waals surface area contributed by atoms with Crippen LogP contribution in [0.1, 0.15) is 5.56 Å². The van der Waals surface area contributed by atoms with Crippen molar-refractivity contribution in [2.24, 2.45) is 7.05 Å². The number of nitrogens with zero attached hydrogens (tertiary/aromatic N) is 8. The molecule has 4 heterocycles. The summed E-state index contributed by atoms with van der Waals surface area (Å²) in [6.45, 7) is 4.28. The molecule has 5 aromatic rings. The van der Waals surface area contributed by atoms with Gasteiger partial charge in [-0.25, -0.2) is 15.0 Å². The minimum Gasteiger partial charge on any atom is -0.352 e. The first-order valence-electron chi connectivity index (χ1n) is 11.8. The first-order chi connectivity index (χ1) is 17.6. The van der Waals surface area contributed by atoms with E-state index < -0.39 is 0 Å². The van der Waals surface area contributed by atoms with Crippen LogP contribution < -0.4 is 4.90 Å². The number of rotatable bonds is 5. The van der Waals surface area contributed by atoms with E-state index in [2.05, 4.69) is 30.9 Å². The van der Waals surface area contributed by atoms with E-state index in [1.807, 2.05) is 66.3 Å². The van der Waals surface area contributed by atoms with Gasteiger partial charge in [-0.2, -0.15) is 5.10 Å². The average molecular weight is 519 g/mol. The molecule has 0 atom stereocenters. The van der Waals surface area contributed by atoms with E-state index in [-0.39, 0.29) is 0 Å². The van der Waals surface area contributed by atoms with Crippen LogP contribution in [0, 0.1) is 0 Å². The van der Waals surface area contributed by atoms with Gasteiger partial charge < -0.3 is 4.90 Å². The lowest BCUT2D eigenvalue weighted by Crippen LogP contribution is -2.46. The Bertz CT molecular complexity index is 1530. The first kappa shape index (κ1) is 23.0. The fraction of sp³-hybridized carbons (Fsp3) is 0.231. The molecule has 0 N–H and O–H groups in total. The third-order valence-electron chi connectivity index (χ3n) is 6.49. The van der Waals surface area contributed by atoms with Crippen molar-refractivity contribution in [2.45, 2.75) is 6.54 Å². The van der Waals surface area contributed by atoms with Crippen molar-refractivity contribution >= 4 is 40.2 Å². The highest BCUT2D eigenvalue weighted by molar-refractivity contribution is 6.33. The molecule has 10 heteroatoms. The monoisotopic (exact) mass is 518 g/mol. The van der Waals surface area contributed by atoms with Crippen molar-refractivity contribution in [3.05, 3.63) is 82.7 Å². The second-order valence-corrected chi connectivity index (χ2v) is 9.64. The third-order valence-corrected chi connectivity index (χ3v) is 7.19. The normalized spacial score (nSPS) is 14.6. The Labute approximate surface area is 218 Å². The minimum absolute atomic E-state index is 0.618. The molecule has 1 aliphatic rings. The topological polar surface area (TPSA) is 67.9 Å². The molecule has 0 unspecified atom stereocenters. The summed E-state index contributed by atoms with van der Waals surface area (Å²) in [5.74, 6) is 2.23. The second-order valence-electron chi connectivity index (χ2n) is 8.82. The maximum absolute atomic E-state index is 6.59. The van der Waals surface area contributed by atoms with E-state index in [0.717, 1.165) is 66.0 Å². The summed E-state index contributed by atoms with van der Waals surface area (Å²) in [7, 11) is 1.89. The molecule has 1 saturated heterocycles. The Kier molecular flexibility index (Phi) is 6.08. The molecule has 0 saturated carbocycles. The average Bonchev–Trinajstić information content (AvgIpc) is 3.49. The summed E-state index contributed by atoms with van der Waals surface area (Å²) in [4.78, 5) is 19.0. The van der Waals surface area contributed by atoms with Gasteiger partial charge in [-0.05, 0) is 23.8 Å². The second kappa shape index (κ2) is 9.54. The number of imidazole rings is 1. The number of aromatic nitrogens is 6. The zero-order valence-electron chi connectivity index (χ0n) is 19.7. The number of anilines is 1. The Balaban J connectivity index is 1.36. The van der Waals surface area contributed by atoms with Gasteiger partial charge in [-0.3, -0.25) is 14.1 Å². The molecule has 8 nitrogen and oxygen atoms in total. The van der Waals surface area contributed by atoms with E-state index >= 15 is 0 Å². The molecular formula is C26H24Cl2N8. The summed E-state index contributed by atoms with van der Waals surface area (Å²) < 4.78 is 3.72. The molecule has 0 amide bonds. The van der Waals surface area contributed by atoms with Gasteiger partial charge in [0.25, 0.3) is 0 Å². The van der Waals surface area contributed by atoms with Crippen LogP contribution >= 0.6 is 23.2 Å². The van der Waals surface area contributed by atoms with Gasteiger partial charge in [-0.1, -0.05) is 53.5 Å². The Morgan fingerprint density at radius 1 is 0.861 bits per heavy atom. The van der Waals surface area contributed by atoms with Crippen LogP contribution in [0.4, 0.5) is 5.82 Å². The maximum atomic E-state index is 6.59. The number of hydrogen-bond donors (Lipinski definition) is 0. The highest BCUT2D eigenvalue weighted by Crippen LogP contribution is 2.34. The molecular weight excluding hydrogens is 495 g/mol. The quantitative estimate of drug-likeness (QED) is 0.331. The Hall–Kier alpha value is -3.46. The van der Waals surface area contributed by atoms with Gasteiger partial charge >= 0.3 is 0 Å². The maximum Gasteiger partial charge on any atom is 0.171 e. The van der Waals surface area contributed by atoms with Gasteiger partial charge in [0.15, 0.2) is 22.8 Å². The van der Waals surface area contributed by atoms with E-state index in [1.54, 1.807) is 11.0 Å². The van der Waals surface area contributed by atoms with Crippen molar-refractivity contribution in [1.82, 2.24) is 34.2 Å². The lowest BCUT2D eigenvalue weighted by Gasteiger charge is -2.35. The van der Waals surface area contributed by atoms with Gasteiger partial charge in [0, 0.05) is 62.6 Å². The summed E-state index contributed by atoms with van der Waals surface area (Å²) in [6, 6.07) is 17.7. The summed E-state index contributed by atoms with van der Waals surface area (Å²) in [5.41, 5.74) is 3.40. The number of aryl methyl sites for hydroxylation is 1. The van der Waals surface area contributed by atoms with E-state index in [4.69, 9.17) is 28.2 Å². The Morgan fingerprint density at radius 2 is 1.61 bits per heavy atom. The fourth-order valence-corrected chi connectivity index (χ4v) is 5.08. The first-order valence-corrected chi connectivity index (χ1v) is 12.5. The number of piperazine rings is 1. The number of benzene rings is 2. The van der Waals surface area contributed by atoms with Gasteiger partial charge in [-0.15, -0.1) is 0 Å². The van der Waals surface area contributed by atoms with E-state index in [9.17, 15) is 0 Å². The number of halogens is 2. The predicted octanol–water partition coefficient (Wildman–Crippen LogP) is 4.85. The molecule has 0 radical (unpaired) electrons. The van der Waals surface area contributed by atoms with Crippen molar-refractivity contribution in [2.75, 3.05) is 31.1 Å². The van der Waals surface area contributed by atoms with Gasteiger partial charge in [0.05, 0.1) is 5.02 Å². The zero-order chi connectivity index (χ0) is 24.6. The molecule has 1 fully saturated rings. The summed E-state index contributed by atoms with van der Waals surface area (Å²) >= 11 is 13.0. The molecule has 0 bridgehead atoms. The van der Waals surface area contributed by atoms with Crippen molar-refractivity contribution in [3.63, 3.8) is 0 Å². The Morgan fingerprint density at radius 3 is 2.33 bits per heavy atom. The molecule has 2 aromatic carbocycles. The zero-order valence-corrected chi connectivity index (χ0v) is 21.2. The molecule has 0 aliphatic carbocycles. The molecule has 36 heavy (non-hydrogen) atoms. The van der Waals surface area contributed by atoms with Gasteiger partial charge in [0.1, 0.15) is 12.2 Å². The largest absolute Gasteiger partial charge is 0.352 e. The van der Waals surface area contributed by atoms with Crippen LogP contribution in [0.5, 0.6) is 0 Å².